The minimum Gasteiger partial charge on any atom is -0.507 e. The van der Waals surface area contributed by atoms with Crippen LogP contribution in [0.3, 0.4) is 0 Å². The number of aromatic nitrogens is 1. The summed E-state index contributed by atoms with van der Waals surface area (Å²) in [5.41, 5.74) is 3.47. The largest absolute Gasteiger partial charge is 0.507 e. The molecular weight excluding hydrogens is 669 g/mol. The van der Waals surface area contributed by atoms with Crippen molar-refractivity contribution >= 4 is 42.2 Å². The lowest BCUT2D eigenvalue weighted by Gasteiger charge is -2.44. The number of aliphatic hydroxyl groups is 2. The summed E-state index contributed by atoms with van der Waals surface area (Å²) in [6.07, 6.45) is 3.41. The molecular formula is C43H48N2O6Si. The predicted octanol–water partition coefficient (Wildman–Crippen LogP) is 5.59. The molecule has 2 amide bonds. The fourth-order valence-electron chi connectivity index (χ4n) is 8.28. The molecule has 1 aliphatic heterocycles. The van der Waals surface area contributed by atoms with Gasteiger partial charge in [0, 0.05) is 24.7 Å². The van der Waals surface area contributed by atoms with Gasteiger partial charge in [0.25, 0.3) is 8.32 Å². The van der Waals surface area contributed by atoms with Gasteiger partial charge in [-0.05, 0) is 75.7 Å². The van der Waals surface area contributed by atoms with Crippen LogP contribution in [0.15, 0.2) is 120 Å². The van der Waals surface area contributed by atoms with Crippen LogP contribution in [0.2, 0.25) is 5.04 Å². The normalized spacial score (nSPS) is 20.3. The standard InChI is InChI=1S/C43H48N2O6Si/c1-43(2,3)52(32-16-7-5-8-17-32,33-18-9-6-10-19-33)51-28-31-26-34-40(42(50)45(4)41(34)49)35(27-46)39(31)38(48)23-22-29(36-20-13-14-24-44-36)25-30-15-11-12-21-37(30)47/h5-21,24-25,34-35,38,40,46-48H,22-23,26-28H2,1-4H3/b29-25-/t34-,35+,38-,40-/m1/s1. The molecule has 1 aliphatic carbocycles. The van der Waals surface area contributed by atoms with Gasteiger partial charge in [-0.15, -0.1) is 0 Å². The molecule has 2 heterocycles. The van der Waals surface area contributed by atoms with Crippen molar-refractivity contribution in [1.82, 2.24) is 9.88 Å². The van der Waals surface area contributed by atoms with E-state index in [9.17, 15) is 24.9 Å². The molecule has 2 aliphatic rings. The average molecular weight is 717 g/mol. The number of nitrogens with zero attached hydrogens (tertiary/aromatic N) is 2. The predicted molar refractivity (Wildman–Crippen MR) is 206 cm³/mol. The second kappa shape index (κ2) is 15.5. The summed E-state index contributed by atoms with van der Waals surface area (Å²) >= 11 is 0. The van der Waals surface area contributed by atoms with Gasteiger partial charge in [-0.3, -0.25) is 19.5 Å². The third kappa shape index (κ3) is 7.06. The molecule has 6 rings (SSSR count). The van der Waals surface area contributed by atoms with Crippen LogP contribution < -0.4 is 10.4 Å². The van der Waals surface area contributed by atoms with E-state index >= 15 is 0 Å². The van der Waals surface area contributed by atoms with E-state index in [1.54, 1.807) is 18.3 Å². The minimum atomic E-state index is -3.02. The summed E-state index contributed by atoms with van der Waals surface area (Å²) in [6, 6.07) is 33.2. The highest BCUT2D eigenvalue weighted by Gasteiger charge is 2.55. The zero-order valence-corrected chi connectivity index (χ0v) is 31.3. The van der Waals surface area contributed by atoms with E-state index in [2.05, 4.69) is 50.0 Å². The zero-order valence-electron chi connectivity index (χ0n) is 30.3. The number of amides is 2. The van der Waals surface area contributed by atoms with Gasteiger partial charge in [-0.2, -0.15) is 0 Å². The Balaban J connectivity index is 1.42. The molecule has 0 radical (unpaired) electrons. The lowest BCUT2D eigenvalue weighted by atomic mass is 9.68. The zero-order chi connectivity index (χ0) is 37.0. The Morgan fingerprint density at radius 3 is 2.12 bits per heavy atom. The van der Waals surface area contributed by atoms with Crippen molar-refractivity contribution in [2.75, 3.05) is 20.3 Å². The highest BCUT2D eigenvalue weighted by Crippen LogP contribution is 2.47. The number of pyridine rings is 1. The molecule has 8 nitrogen and oxygen atoms in total. The van der Waals surface area contributed by atoms with Crippen molar-refractivity contribution in [3.05, 3.63) is 132 Å². The van der Waals surface area contributed by atoms with Crippen LogP contribution in [0.5, 0.6) is 5.75 Å². The molecule has 0 unspecified atom stereocenters. The van der Waals surface area contributed by atoms with Gasteiger partial charge in [0.15, 0.2) is 0 Å². The number of imide groups is 1. The van der Waals surface area contributed by atoms with Crippen LogP contribution in [-0.2, 0) is 14.0 Å². The second-order valence-electron chi connectivity index (χ2n) is 14.9. The Hall–Kier alpha value is -4.67. The number of likely N-dealkylation sites (tertiary alicyclic amines) is 1. The lowest BCUT2D eigenvalue weighted by Crippen LogP contribution is -2.66. The van der Waals surface area contributed by atoms with Crippen molar-refractivity contribution in [2.24, 2.45) is 17.8 Å². The number of carbonyl (C=O) groups excluding carboxylic acids is 2. The fraction of sp³-hybridized carbons (Fsp3) is 0.326. The van der Waals surface area contributed by atoms with Crippen molar-refractivity contribution in [3.63, 3.8) is 0 Å². The number of rotatable bonds is 12. The molecule has 52 heavy (non-hydrogen) atoms. The number of phenols is 1. The smallest absolute Gasteiger partial charge is 0.261 e. The summed E-state index contributed by atoms with van der Waals surface area (Å²) in [6.45, 7) is 6.32. The number of hydrogen-bond acceptors (Lipinski definition) is 7. The molecule has 3 aromatic carbocycles. The average Bonchev–Trinajstić information content (AvgIpc) is 3.37. The maximum Gasteiger partial charge on any atom is 0.261 e. The van der Waals surface area contributed by atoms with E-state index in [1.807, 2.05) is 72.8 Å². The summed E-state index contributed by atoms with van der Waals surface area (Å²) in [7, 11) is -1.52. The van der Waals surface area contributed by atoms with E-state index in [-0.39, 0.29) is 42.1 Å². The van der Waals surface area contributed by atoms with Crippen LogP contribution in [0, 0.1) is 17.8 Å². The summed E-state index contributed by atoms with van der Waals surface area (Å²) in [5, 5.41) is 35.6. The van der Waals surface area contributed by atoms with Gasteiger partial charge in [-0.25, -0.2) is 0 Å². The van der Waals surface area contributed by atoms with Gasteiger partial charge in [0.05, 0.1) is 36.8 Å². The SMILES string of the molecule is CN1C(=O)[C@@H]2[C@@H](CC(CO[Si](c3ccccc3)(c3ccccc3)C(C)(C)C)=C([C@H](O)CC/C(=C/c3ccccc3O)c3ccccn3)[C@@H]2CO)C1=O. The topological polar surface area (TPSA) is 120 Å². The number of carbonyl (C=O) groups is 2. The maximum atomic E-state index is 13.5. The van der Waals surface area contributed by atoms with E-state index in [0.29, 0.717) is 23.3 Å². The number of benzene rings is 3. The molecule has 4 aromatic rings. The van der Waals surface area contributed by atoms with Crippen molar-refractivity contribution < 1.29 is 29.3 Å². The van der Waals surface area contributed by atoms with E-state index < -0.39 is 38.8 Å². The van der Waals surface area contributed by atoms with Gasteiger partial charge in [0.1, 0.15) is 5.75 Å². The van der Waals surface area contributed by atoms with Crippen molar-refractivity contribution in [1.29, 1.82) is 0 Å². The van der Waals surface area contributed by atoms with Crippen molar-refractivity contribution in [3.8, 4) is 5.75 Å². The third-order valence-corrected chi connectivity index (χ3v) is 15.8. The number of phenolic OH excluding ortho intramolecular Hbond substituents is 1. The molecule has 1 saturated heterocycles. The van der Waals surface area contributed by atoms with E-state index in [1.165, 1.54) is 11.9 Å². The maximum absolute atomic E-state index is 13.5. The summed E-state index contributed by atoms with van der Waals surface area (Å²) in [5.74, 6) is -2.64. The highest BCUT2D eigenvalue weighted by molar-refractivity contribution is 6.99. The first kappa shape index (κ1) is 37.1. The first-order chi connectivity index (χ1) is 25.0. The third-order valence-electron chi connectivity index (χ3n) is 10.8. The van der Waals surface area contributed by atoms with Crippen LogP contribution in [0.25, 0.3) is 11.6 Å². The summed E-state index contributed by atoms with van der Waals surface area (Å²) < 4.78 is 7.33. The number of hydrogen-bond donors (Lipinski definition) is 3. The number of aromatic hydroxyl groups is 1. The number of para-hydroxylation sites is 1. The monoisotopic (exact) mass is 716 g/mol. The summed E-state index contributed by atoms with van der Waals surface area (Å²) in [4.78, 5) is 32.7. The Labute approximate surface area is 307 Å². The molecule has 9 heteroatoms. The van der Waals surface area contributed by atoms with Gasteiger partial charge in [0.2, 0.25) is 11.8 Å². The second-order valence-corrected chi connectivity index (χ2v) is 19.2. The quantitative estimate of drug-likeness (QED) is 0.0995. The molecule has 0 spiro atoms. The minimum absolute atomic E-state index is 0.130. The molecule has 3 N–H and O–H groups in total. The van der Waals surface area contributed by atoms with E-state index in [0.717, 1.165) is 21.5 Å². The molecule has 0 bridgehead atoms. The molecule has 1 aromatic heterocycles. The van der Waals surface area contributed by atoms with Crippen LogP contribution in [0.1, 0.15) is 51.3 Å². The molecule has 0 saturated carbocycles. The van der Waals surface area contributed by atoms with Gasteiger partial charge < -0.3 is 19.7 Å². The Bertz CT molecular complexity index is 1900. The number of fused-ring (bicyclic) bond motifs is 1. The van der Waals surface area contributed by atoms with Gasteiger partial charge in [-0.1, -0.05) is 106 Å². The van der Waals surface area contributed by atoms with Crippen LogP contribution in [-0.4, -0.2) is 71.7 Å². The van der Waals surface area contributed by atoms with Gasteiger partial charge >= 0.3 is 0 Å². The van der Waals surface area contributed by atoms with E-state index in [4.69, 9.17) is 4.43 Å². The van der Waals surface area contributed by atoms with Crippen LogP contribution in [0.4, 0.5) is 0 Å². The molecule has 4 atom stereocenters. The van der Waals surface area contributed by atoms with Crippen LogP contribution >= 0.6 is 0 Å². The number of aliphatic hydroxyl groups excluding tert-OH is 2. The molecule has 1 fully saturated rings. The Kier molecular flexibility index (Phi) is 11.1. The Morgan fingerprint density at radius 1 is 0.923 bits per heavy atom. The fourth-order valence-corrected chi connectivity index (χ4v) is 12.8. The highest BCUT2D eigenvalue weighted by atomic mass is 28.4. The first-order valence-corrected chi connectivity index (χ1v) is 19.9. The Morgan fingerprint density at radius 2 is 1.54 bits per heavy atom. The number of allylic oxidation sites excluding steroid dienone is 1. The molecule has 270 valence electrons. The van der Waals surface area contributed by atoms with Crippen molar-refractivity contribution in [2.45, 2.75) is 51.2 Å². The lowest BCUT2D eigenvalue weighted by molar-refractivity contribution is -0.138. The first-order valence-electron chi connectivity index (χ1n) is 17.9.